The van der Waals surface area contributed by atoms with Crippen LogP contribution in [0, 0.1) is 24.2 Å². The van der Waals surface area contributed by atoms with Crippen molar-refractivity contribution in [2.24, 2.45) is 11.8 Å². The van der Waals surface area contributed by atoms with Crippen LogP contribution in [0.1, 0.15) is 113 Å². The van der Waals surface area contributed by atoms with Gasteiger partial charge in [-0.3, -0.25) is 25.1 Å². The predicted octanol–water partition coefficient (Wildman–Crippen LogP) is 7.21. The summed E-state index contributed by atoms with van der Waals surface area (Å²) in [5.74, 6) is -2.38. The van der Waals surface area contributed by atoms with Gasteiger partial charge in [0.1, 0.15) is 11.5 Å². The Morgan fingerprint density at radius 2 is 1.70 bits per heavy atom. The van der Waals surface area contributed by atoms with Gasteiger partial charge in [-0.25, -0.2) is 14.6 Å². The molecule has 4 rings (SSSR count). The molecule has 1 saturated carbocycles. The summed E-state index contributed by atoms with van der Waals surface area (Å²) in [5, 5.41) is 13.6. The summed E-state index contributed by atoms with van der Waals surface area (Å²) in [7, 11) is 0. The number of ether oxygens (including phenoxy) is 3. The van der Waals surface area contributed by atoms with Gasteiger partial charge in [-0.2, -0.15) is 0 Å². The highest BCUT2D eigenvalue weighted by Gasteiger charge is 2.26. The van der Waals surface area contributed by atoms with Crippen molar-refractivity contribution in [3.8, 4) is 11.1 Å². The first kappa shape index (κ1) is 40.1. The first-order valence-electron chi connectivity index (χ1n) is 18.0. The third kappa shape index (κ3) is 11.7. The molecule has 0 unspecified atom stereocenters. The highest BCUT2D eigenvalue weighted by Crippen LogP contribution is 2.32. The van der Waals surface area contributed by atoms with Crippen molar-refractivity contribution >= 4 is 41.6 Å². The molecule has 0 saturated heterocycles. The number of alkyl carbamates (subject to hydrolysis) is 1. The van der Waals surface area contributed by atoms with Crippen LogP contribution in [-0.2, 0) is 25.4 Å². The Balaban J connectivity index is 1.59. The van der Waals surface area contributed by atoms with Crippen LogP contribution in [0.5, 0.6) is 0 Å². The van der Waals surface area contributed by atoms with E-state index in [1.807, 2.05) is 6.92 Å². The summed E-state index contributed by atoms with van der Waals surface area (Å²) in [6.07, 6.45) is 6.84. The van der Waals surface area contributed by atoms with Crippen molar-refractivity contribution in [1.82, 2.24) is 15.6 Å². The van der Waals surface area contributed by atoms with Crippen molar-refractivity contribution in [3.63, 3.8) is 0 Å². The molecule has 1 fully saturated rings. The Morgan fingerprint density at radius 3 is 2.36 bits per heavy atom. The molecule has 2 aromatic carbocycles. The number of unbranched alkanes of at least 4 members (excludes halogenated alkanes) is 3. The minimum absolute atomic E-state index is 0.00628. The first-order valence-corrected chi connectivity index (χ1v) is 18.0. The van der Waals surface area contributed by atoms with E-state index in [1.165, 1.54) is 6.07 Å². The third-order valence-electron chi connectivity index (χ3n) is 8.71. The zero-order valence-electron chi connectivity index (χ0n) is 30.8. The number of carbonyl (C=O) groups is 5. The SMILES string of the molecule is C=Cc1cc(C(=O)Cc2ccc(C(=N)NC(=O)OCCCCCC)cc2)c(-c2ccc(C(=O)NCC3CC3)nc2C(=O)OCOC(=O)C(C)C)cc1C. The molecule has 1 aromatic heterocycles. The lowest BCUT2D eigenvalue weighted by Gasteiger charge is -2.16. The normalized spacial score (nSPS) is 12.1. The number of benzene rings is 2. The van der Waals surface area contributed by atoms with Gasteiger partial charge < -0.3 is 19.5 Å². The van der Waals surface area contributed by atoms with E-state index in [0.717, 1.165) is 44.1 Å². The van der Waals surface area contributed by atoms with E-state index in [1.54, 1.807) is 62.4 Å². The van der Waals surface area contributed by atoms with Crippen molar-refractivity contribution in [2.75, 3.05) is 19.9 Å². The third-order valence-corrected chi connectivity index (χ3v) is 8.71. The summed E-state index contributed by atoms with van der Waals surface area (Å²) in [4.78, 5) is 69.0. The molecule has 1 aliphatic carbocycles. The largest absolute Gasteiger partial charge is 0.449 e. The summed E-state index contributed by atoms with van der Waals surface area (Å²) in [6, 6.07) is 13.1. The van der Waals surface area contributed by atoms with E-state index < -0.39 is 36.6 Å². The van der Waals surface area contributed by atoms with Crippen molar-refractivity contribution in [1.29, 1.82) is 5.41 Å². The lowest BCUT2D eigenvalue weighted by atomic mass is 9.89. The van der Waals surface area contributed by atoms with E-state index in [4.69, 9.17) is 19.6 Å². The number of aromatic nitrogens is 1. The van der Waals surface area contributed by atoms with Gasteiger partial charge in [-0.05, 0) is 72.6 Å². The smallest absolute Gasteiger partial charge is 0.412 e. The average Bonchev–Trinajstić information content (AvgIpc) is 3.98. The molecule has 0 spiro atoms. The summed E-state index contributed by atoms with van der Waals surface area (Å²) in [5.41, 5.74) is 3.24. The Labute approximate surface area is 310 Å². The maximum absolute atomic E-state index is 14.0. The van der Waals surface area contributed by atoms with Crippen LogP contribution in [0.3, 0.4) is 0 Å². The molecule has 0 atom stereocenters. The van der Waals surface area contributed by atoms with Crippen LogP contribution in [-0.4, -0.2) is 60.5 Å². The lowest BCUT2D eigenvalue weighted by molar-refractivity contribution is -0.155. The number of Topliss-reactive ketones (excluding diaryl/α,β-unsaturated/α-hetero) is 1. The number of nitrogens with one attached hydrogen (secondary N) is 3. The molecule has 0 aliphatic heterocycles. The molecule has 2 amide bonds. The van der Waals surface area contributed by atoms with Crippen molar-refractivity contribution in [2.45, 2.75) is 72.6 Å². The van der Waals surface area contributed by atoms with Gasteiger partial charge in [0, 0.05) is 29.7 Å². The monoisotopic (exact) mass is 724 g/mol. The minimum Gasteiger partial charge on any atom is -0.449 e. The maximum atomic E-state index is 14.0. The molecule has 1 heterocycles. The number of amidine groups is 1. The Bertz CT molecular complexity index is 1850. The standard InChI is InChI=1S/C41H48N4O8/c1-6-8-9-10-19-51-41(50)45-37(42)30-15-13-27(14-16-30)21-35(46)33-22-29(7-2)26(5)20-32(33)31-17-18-34(38(47)43-23-28-11-12-28)44-36(31)40(49)53-24-52-39(48)25(3)4/h7,13-18,20,22,25,28H,2,6,8-12,19,21,23-24H2,1,3-5H3,(H,43,47)(H2,42,45,50). The number of hydrogen-bond acceptors (Lipinski definition) is 10. The van der Waals surface area contributed by atoms with Gasteiger partial charge in [-0.1, -0.05) is 83.0 Å². The lowest BCUT2D eigenvalue weighted by Crippen LogP contribution is -2.31. The van der Waals surface area contributed by atoms with E-state index in [-0.39, 0.29) is 47.2 Å². The summed E-state index contributed by atoms with van der Waals surface area (Å²) < 4.78 is 15.5. The molecule has 0 bridgehead atoms. The van der Waals surface area contributed by atoms with Crippen molar-refractivity contribution in [3.05, 3.63) is 94.3 Å². The zero-order chi connectivity index (χ0) is 38.5. The molecule has 3 aromatic rings. The Kier molecular flexibility index (Phi) is 14.6. The molecule has 53 heavy (non-hydrogen) atoms. The van der Waals surface area contributed by atoms with Gasteiger partial charge in [-0.15, -0.1) is 0 Å². The number of amides is 2. The first-order chi connectivity index (χ1) is 25.4. The number of aryl methyl sites for hydroxylation is 1. The molecular weight excluding hydrogens is 676 g/mol. The Morgan fingerprint density at radius 1 is 0.962 bits per heavy atom. The van der Waals surface area contributed by atoms with Crippen LogP contribution < -0.4 is 10.6 Å². The molecular formula is C41H48N4O8. The number of ketones is 1. The van der Waals surface area contributed by atoms with Crippen LogP contribution in [0.2, 0.25) is 0 Å². The number of esters is 2. The fourth-order valence-corrected chi connectivity index (χ4v) is 5.36. The number of rotatable bonds is 18. The number of carbonyl (C=O) groups excluding carboxylic acids is 5. The fourth-order valence-electron chi connectivity index (χ4n) is 5.36. The van der Waals surface area contributed by atoms with E-state index in [0.29, 0.717) is 34.7 Å². The van der Waals surface area contributed by atoms with Gasteiger partial charge >= 0.3 is 18.0 Å². The van der Waals surface area contributed by atoms with Gasteiger partial charge in [0.25, 0.3) is 5.91 Å². The quantitative estimate of drug-likeness (QED) is 0.0306. The van der Waals surface area contributed by atoms with Crippen LogP contribution in [0.4, 0.5) is 4.79 Å². The van der Waals surface area contributed by atoms with Gasteiger partial charge in [0.15, 0.2) is 11.5 Å². The molecule has 1 aliphatic rings. The van der Waals surface area contributed by atoms with Gasteiger partial charge in [0.05, 0.1) is 12.5 Å². The minimum atomic E-state index is -0.940. The van der Waals surface area contributed by atoms with Crippen LogP contribution in [0.15, 0.2) is 55.1 Å². The molecule has 12 nitrogen and oxygen atoms in total. The molecule has 12 heteroatoms. The van der Waals surface area contributed by atoms with Crippen molar-refractivity contribution < 1.29 is 38.2 Å². The zero-order valence-corrected chi connectivity index (χ0v) is 30.8. The Hall–Kier alpha value is -5.65. The van der Waals surface area contributed by atoms with Crippen LogP contribution >= 0.6 is 0 Å². The highest BCUT2D eigenvalue weighted by atomic mass is 16.7. The second kappa shape index (κ2) is 19.3. The number of nitrogens with zero attached hydrogens (tertiary/aromatic N) is 1. The average molecular weight is 725 g/mol. The molecule has 280 valence electrons. The maximum Gasteiger partial charge on any atom is 0.412 e. The predicted molar refractivity (Wildman–Crippen MR) is 201 cm³/mol. The molecule has 0 radical (unpaired) electrons. The van der Waals surface area contributed by atoms with Gasteiger partial charge in [0.2, 0.25) is 6.79 Å². The number of hydrogen-bond donors (Lipinski definition) is 3. The summed E-state index contributed by atoms with van der Waals surface area (Å²) >= 11 is 0. The highest BCUT2D eigenvalue weighted by molar-refractivity contribution is 6.08. The van der Waals surface area contributed by atoms with E-state index in [9.17, 15) is 24.0 Å². The number of pyridine rings is 1. The fraction of sp³-hybridized carbons (Fsp3) is 0.390. The molecule has 3 N–H and O–H groups in total. The van der Waals surface area contributed by atoms with E-state index >= 15 is 0 Å². The van der Waals surface area contributed by atoms with Crippen LogP contribution in [0.25, 0.3) is 17.2 Å². The second-order valence-corrected chi connectivity index (χ2v) is 13.4. The second-order valence-electron chi connectivity index (χ2n) is 13.4. The summed E-state index contributed by atoms with van der Waals surface area (Å²) in [6.45, 7) is 11.2. The topological polar surface area (TPSA) is 174 Å². The van der Waals surface area contributed by atoms with E-state index in [2.05, 4.69) is 29.1 Å².